The molecule has 1 rings (SSSR count). The molecule has 1 N–H and O–H groups in total. The van der Waals surface area contributed by atoms with E-state index in [9.17, 15) is 4.39 Å². The number of nitrogens with one attached hydrogen (secondary N) is 1. The van der Waals surface area contributed by atoms with Crippen molar-refractivity contribution in [2.45, 2.75) is 19.8 Å². The average molecular weight is 224 g/mol. The van der Waals surface area contributed by atoms with Crippen LogP contribution in [0.1, 0.15) is 19.8 Å². The smallest absolute Gasteiger partial charge is 0.123 e. The highest BCUT2D eigenvalue weighted by atomic mass is 19.1. The quantitative estimate of drug-likeness (QED) is 0.716. The van der Waals surface area contributed by atoms with Gasteiger partial charge in [-0.3, -0.25) is 0 Å². The van der Waals surface area contributed by atoms with Crippen LogP contribution in [-0.4, -0.2) is 26.7 Å². The maximum atomic E-state index is 12.7. The van der Waals surface area contributed by atoms with Gasteiger partial charge in [0.25, 0.3) is 0 Å². The van der Waals surface area contributed by atoms with Gasteiger partial charge in [-0.2, -0.15) is 0 Å². The lowest BCUT2D eigenvalue weighted by atomic mass is 10.3. The van der Waals surface area contributed by atoms with E-state index in [0.29, 0.717) is 0 Å². The number of halogens is 1. The third-order valence-electron chi connectivity index (χ3n) is 2.60. The fourth-order valence-electron chi connectivity index (χ4n) is 1.50. The van der Waals surface area contributed by atoms with Crippen molar-refractivity contribution in [3.8, 4) is 0 Å². The first-order chi connectivity index (χ1) is 7.74. The Bertz CT molecular complexity index is 284. The van der Waals surface area contributed by atoms with E-state index in [2.05, 4.69) is 17.1 Å². The van der Waals surface area contributed by atoms with Crippen molar-refractivity contribution in [1.82, 2.24) is 5.32 Å². The number of anilines is 1. The number of rotatable bonds is 7. The second kappa shape index (κ2) is 7.23. The van der Waals surface area contributed by atoms with Gasteiger partial charge in [0.15, 0.2) is 0 Å². The standard InChI is InChI=1S/C13H21FN2/c1-3-4-9-15-10-11-16(2)13-7-5-12(14)6-8-13/h5-8,15H,3-4,9-11H2,1-2H3. The van der Waals surface area contributed by atoms with E-state index in [-0.39, 0.29) is 5.82 Å². The number of benzene rings is 1. The molecule has 0 heterocycles. The van der Waals surface area contributed by atoms with Crippen molar-refractivity contribution in [3.05, 3.63) is 30.1 Å². The summed E-state index contributed by atoms with van der Waals surface area (Å²) in [5, 5.41) is 3.38. The van der Waals surface area contributed by atoms with Crippen molar-refractivity contribution in [3.63, 3.8) is 0 Å². The summed E-state index contributed by atoms with van der Waals surface area (Å²) in [4.78, 5) is 2.12. The summed E-state index contributed by atoms with van der Waals surface area (Å²) in [5.41, 5.74) is 1.05. The summed E-state index contributed by atoms with van der Waals surface area (Å²) in [7, 11) is 2.02. The zero-order chi connectivity index (χ0) is 11.8. The highest BCUT2D eigenvalue weighted by Gasteiger charge is 1.99. The number of nitrogens with zero attached hydrogens (tertiary/aromatic N) is 1. The van der Waals surface area contributed by atoms with Crippen molar-refractivity contribution < 1.29 is 4.39 Å². The molecule has 0 fully saturated rings. The maximum Gasteiger partial charge on any atom is 0.123 e. The minimum absolute atomic E-state index is 0.182. The summed E-state index contributed by atoms with van der Waals surface area (Å²) < 4.78 is 12.7. The predicted molar refractivity (Wildman–Crippen MR) is 67.4 cm³/mol. The molecule has 0 aromatic heterocycles. The fraction of sp³-hybridized carbons (Fsp3) is 0.538. The summed E-state index contributed by atoms with van der Waals surface area (Å²) >= 11 is 0. The van der Waals surface area contributed by atoms with E-state index in [1.807, 2.05) is 7.05 Å². The third kappa shape index (κ3) is 4.62. The van der Waals surface area contributed by atoms with Crippen LogP contribution in [0.3, 0.4) is 0 Å². The van der Waals surface area contributed by atoms with E-state index in [4.69, 9.17) is 0 Å². The molecular weight excluding hydrogens is 203 g/mol. The van der Waals surface area contributed by atoms with Gasteiger partial charge in [-0.1, -0.05) is 13.3 Å². The number of hydrogen-bond donors (Lipinski definition) is 1. The second-order valence-corrected chi connectivity index (χ2v) is 4.00. The Morgan fingerprint density at radius 3 is 2.50 bits per heavy atom. The van der Waals surface area contributed by atoms with Crippen molar-refractivity contribution >= 4 is 5.69 Å². The fourth-order valence-corrected chi connectivity index (χ4v) is 1.50. The van der Waals surface area contributed by atoms with E-state index in [0.717, 1.165) is 25.3 Å². The molecule has 0 amide bonds. The molecule has 0 bridgehead atoms. The van der Waals surface area contributed by atoms with Crippen LogP contribution in [0.2, 0.25) is 0 Å². The van der Waals surface area contributed by atoms with E-state index >= 15 is 0 Å². The van der Waals surface area contributed by atoms with Crippen LogP contribution < -0.4 is 10.2 Å². The molecule has 0 aliphatic carbocycles. The normalized spacial score (nSPS) is 10.4. The Morgan fingerprint density at radius 2 is 1.88 bits per heavy atom. The predicted octanol–water partition coefficient (Wildman–Crippen LogP) is 2.65. The van der Waals surface area contributed by atoms with E-state index in [1.54, 1.807) is 12.1 Å². The number of hydrogen-bond acceptors (Lipinski definition) is 2. The minimum atomic E-state index is -0.182. The molecule has 2 nitrogen and oxygen atoms in total. The van der Waals surface area contributed by atoms with Crippen molar-refractivity contribution in [2.75, 3.05) is 31.6 Å². The first-order valence-electron chi connectivity index (χ1n) is 5.91. The summed E-state index contributed by atoms with van der Waals surface area (Å²) in [6.45, 7) is 5.17. The largest absolute Gasteiger partial charge is 0.373 e. The van der Waals surface area contributed by atoms with Crippen LogP contribution in [-0.2, 0) is 0 Å². The molecule has 3 heteroatoms. The number of likely N-dealkylation sites (N-methyl/N-ethyl adjacent to an activating group) is 1. The molecule has 0 aliphatic rings. The zero-order valence-corrected chi connectivity index (χ0v) is 10.2. The summed E-state index contributed by atoms with van der Waals surface area (Å²) in [6, 6.07) is 6.61. The first kappa shape index (κ1) is 13.0. The van der Waals surface area contributed by atoms with Gasteiger partial charge in [-0.15, -0.1) is 0 Å². The molecule has 0 spiro atoms. The van der Waals surface area contributed by atoms with Gasteiger partial charge in [0, 0.05) is 25.8 Å². The molecule has 16 heavy (non-hydrogen) atoms. The molecule has 0 saturated carbocycles. The molecule has 0 aliphatic heterocycles. The zero-order valence-electron chi connectivity index (χ0n) is 10.2. The van der Waals surface area contributed by atoms with Crippen LogP contribution in [0.4, 0.5) is 10.1 Å². The molecule has 1 aromatic carbocycles. The Morgan fingerprint density at radius 1 is 1.19 bits per heavy atom. The lowest BCUT2D eigenvalue weighted by Crippen LogP contribution is -2.29. The van der Waals surface area contributed by atoms with E-state index in [1.165, 1.54) is 25.0 Å². The lowest BCUT2D eigenvalue weighted by molar-refractivity contribution is 0.626. The highest BCUT2D eigenvalue weighted by molar-refractivity contribution is 5.45. The monoisotopic (exact) mass is 224 g/mol. The summed E-state index contributed by atoms with van der Waals surface area (Å²) in [5.74, 6) is -0.182. The van der Waals surface area contributed by atoms with E-state index < -0.39 is 0 Å². The minimum Gasteiger partial charge on any atom is -0.373 e. The molecule has 0 atom stereocenters. The van der Waals surface area contributed by atoms with Crippen LogP contribution >= 0.6 is 0 Å². The molecule has 0 radical (unpaired) electrons. The van der Waals surface area contributed by atoms with Gasteiger partial charge < -0.3 is 10.2 Å². The van der Waals surface area contributed by atoms with Crippen molar-refractivity contribution in [2.24, 2.45) is 0 Å². The molecule has 0 saturated heterocycles. The topological polar surface area (TPSA) is 15.3 Å². The van der Waals surface area contributed by atoms with Gasteiger partial charge >= 0.3 is 0 Å². The Hall–Kier alpha value is -1.09. The van der Waals surface area contributed by atoms with Gasteiger partial charge in [0.05, 0.1) is 0 Å². The maximum absolute atomic E-state index is 12.7. The second-order valence-electron chi connectivity index (χ2n) is 4.00. The Labute approximate surface area is 97.5 Å². The van der Waals surface area contributed by atoms with Gasteiger partial charge in [0.1, 0.15) is 5.82 Å². The third-order valence-corrected chi connectivity index (χ3v) is 2.60. The van der Waals surface area contributed by atoms with Crippen LogP contribution in [0.5, 0.6) is 0 Å². The van der Waals surface area contributed by atoms with Gasteiger partial charge in [-0.05, 0) is 37.2 Å². The molecular formula is C13H21FN2. The Balaban J connectivity index is 2.24. The van der Waals surface area contributed by atoms with Crippen LogP contribution in [0.15, 0.2) is 24.3 Å². The lowest BCUT2D eigenvalue weighted by Gasteiger charge is -2.19. The van der Waals surface area contributed by atoms with Gasteiger partial charge in [-0.25, -0.2) is 4.39 Å². The average Bonchev–Trinajstić information content (AvgIpc) is 2.29. The highest BCUT2D eigenvalue weighted by Crippen LogP contribution is 2.12. The number of unbranched alkanes of at least 4 members (excludes halogenated alkanes) is 1. The molecule has 1 aromatic rings. The molecule has 0 unspecified atom stereocenters. The Kier molecular flexibility index (Phi) is 5.86. The van der Waals surface area contributed by atoms with Crippen LogP contribution in [0.25, 0.3) is 0 Å². The van der Waals surface area contributed by atoms with Gasteiger partial charge in [0.2, 0.25) is 0 Å². The first-order valence-corrected chi connectivity index (χ1v) is 5.91. The molecule has 90 valence electrons. The summed E-state index contributed by atoms with van der Waals surface area (Å²) in [6.07, 6.45) is 2.45. The van der Waals surface area contributed by atoms with Crippen LogP contribution in [0, 0.1) is 5.82 Å². The SMILES string of the molecule is CCCCNCCN(C)c1ccc(F)cc1. The van der Waals surface area contributed by atoms with Crippen molar-refractivity contribution in [1.29, 1.82) is 0 Å².